The highest BCUT2D eigenvalue weighted by Gasteiger charge is 2.54. The molecule has 0 bridgehead atoms. The summed E-state index contributed by atoms with van der Waals surface area (Å²) in [5, 5.41) is 36.2. The molecule has 4 atom stereocenters. The number of nitrogens with one attached hydrogen (secondary N) is 1. The largest absolute Gasteiger partial charge is 0.478 e. The molecule has 0 amide bonds. The number of hydrogen-bond donors (Lipinski definition) is 4. The average molecular weight is 294 g/mol. The van der Waals surface area contributed by atoms with Crippen molar-refractivity contribution >= 4 is 11.2 Å². The Labute approximate surface area is 119 Å². The minimum absolute atomic E-state index is 0.294. The normalized spacial score (nSPS) is 32.4. The van der Waals surface area contributed by atoms with Gasteiger partial charge in [0.15, 0.2) is 23.0 Å². The lowest BCUT2D eigenvalue weighted by molar-refractivity contribution is -0.0911. The molecule has 0 spiro atoms. The minimum atomic E-state index is -1.66. The van der Waals surface area contributed by atoms with E-state index in [2.05, 4.69) is 21.1 Å². The number of aliphatic hydroxyl groups is 3. The molecular formula is C12H14N4O5. The summed E-state index contributed by atoms with van der Waals surface area (Å²) in [4.78, 5) is 4.11. The van der Waals surface area contributed by atoms with Crippen LogP contribution >= 0.6 is 0 Å². The summed E-state index contributed by atoms with van der Waals surface area (Å²) < 4.78 is 12.0. The van der Waals surface area contributed by atoms with E-state index >= 15 is 0 Å². The highest BCUT2D eigenvalue weighted by atomic mass is 16.6. The van der Waals surface area contributed by atoms with Crippen LogP contribution in [0.2, 0.25) is 0 Å². The third kappa shape index (κ3) is 1.74. The molecule has 3 heterocycles. The number of rotatable bonds is 3. The lowest BCUT2D eigenvalue weighted by Crippen LogP contribution is -2.44. The van der Waals surface area contributed by atoms with Gasteiger partial charge < -0.3 is 24.8 Å². The van der Waals surface area contributed by atoms with Gasteiger partial charge in [0, 0.05) is 0 Å². The summed E-state index contributed by atoms with van der Waals surface area (Å²) in [5.41, 5.74) is -0.774. The zero-order chi connectivity index (χ0) is 15.2. The summed E-state index contributed by atoms with van der Waals surface area (Å²) in [6, 6.07) is 0. The van der Waals surface area contributed by atoms with E-state index in [0.29, 0.717) is 17.0 Å². The van der Waals surface area contributed by atoms with E-state index < -0.39 is 30.6 Å². The maximum atomic E-state index is 10.2. The second-order valence-electron chi connectivity index (χ2n) is 4.72. The SMILES string of the molecule is C#C[C@]1(CO)O[C@@H](n2cnc3c(OC)n[nH]c32)C(O)C1O. The summed E-state index contributed by atoms with van der Waals surface area (Å²) >= 11 is 0. The first kappa shape index (κ1) is 13.8. The second-order valence-corrected chi connectivity index (χ2v) is 4.72. The van der Waals surface area contributed by atoms with Crippen molar-refractivity contribution in [3.05, 3.63) is 6.33 Å². The molecule has 0 aliphatic carbocycles. The van der Waals surface area contributed by atoms with Crippen molar-refractivity contribution in [3.63, 3.8) is 0 Å². The molecule has 1 saturated heterocycles. The van der Waals surface area contributed by atoms with Crippen molar-refractivity contribution < 1.29 is 24.8 Å². The second kappa shape index (κ2) is 4.71. The van der Waals surface area contributed by atoms with Crippen LogP contribution in [0.5, 0.6) is 5.88 Å². The van der Waals surface area contributed by atoms with Crippen LogP contribution in [0.1, 0.15) is 6.23 Å². The van der Waals surface area contributed by atoms with E-state index in [-0.39, 0.29) is 0 Å². The van der Waals surface area contributed by atoms with Gasteiger partial charge in [-0.15, -0.1) is 11.5 Å². The van der Waals surface area contributed by atoms with Crippen LogP contribution in [0.15, 0.2) is 6.33 Å². The van der Waals surface area contributed by atoms with Gasteiger partial charge in [-0.3, -0.25) is 9.67 Å². The van der Waals surface area contributed by atoms with Crippen molar-refractivity contribution in [2.75, 3.05) is 13.7 Å². The predicted molar refractivity (Wildman–Crippen MR) is 69.2 cm³/mol. The van der Waals surface area contributed by atoms with Crippen molar-refractivity contribution in [1.82, 2.24) is 19.7 Å². The van der Waals surface area contributed by atoms with Gasteiger partial charge in [0.05, 0.1) is 20.0 Å². The van der Waals surface area contributed by atoms with Gasteiger partial charge in [-0.1, -0.05) is 5.92 Å². The number of hydrogen-bond acceptors (Lipinski definition) is 7. The average Bonchev–Trinajstić information content (AvgIpc) is 3.15. The highest BCUT2D eigenvalue weighted by molar-refractivity contribution is 5.76. The lowest BCUT2D eigenvalue weighted by atomic mass is 9.97. The fourth-order valence-electron chi connectivity index (χ4n) is 2.42. The number of aromatic amines is 1. The van der Waals surface area contributed by atoms with Gasteiger partial charge >= 0.3 is 0 Å². The van der Waals surface area contributed by atoms with Gasteiger partial charge in [-0.25, -0.2) is 4.98 Å². The number of imidazole rings is 1. The Balaban J connectivity index is 2.04. The van der Waals surface area contributed by atoms with Crippen molar-refractivity contribution in [3.8, 4) is 18.2 Å². The number of methoxy groups -OCH3 is 1. The number of terminal acetylenes is 1. The van der Waals surface area contributed by atoms with Crippen LogP contribution in [-0.2, 0) is 4.74 Å². The Morgan fingerprint density at radius 2 is 2.38 bits per heavy atom. The molecule has 4 N–H and O–H groups in total. The molecular weight excluding hydrogens is 280 g/mol. The quantitative estimate of drug-likeness (QED) is 0.501. The molecule has 1 aliphatic heterocycles. The molecule has 3 rings (SSSR count). The number of H-pyrrole nitrogens is 1. The van der Waals surface area contributed by atoms with Gasteiger partial charge in [0.25, 0.3) is 5.88 Å². The molecule has 21 heavy (non-hydrogen) atoms. The van der Waals surface area contributed by atoms with Crippen molar-refractivity contribution in [2.24, 2.45) is 0 Å². The first-order valence-electron chi connectivity index (χ1n) is 6.15. The van der Waals surface area contributed by atoms with Crippen LogP contribution in [-0.4, -0.2) is 66.6 Å². The molecule has 9 nitrogen and oxygen atoms in total. The highest BCUT2D eigenvalue weighted by Crippen LogP contribution is 2.38. The van der Waals surface area contributed by atoms with E-state index in [1.54, 1.807) is 0 Å². The molecule has 112 valence electrons. The Bertz CT molecular complexity index is 704. The molecule has 1 aliphatic rings. The fraction of sp³-hybridized carbons (Fsp3) is 0.500. The third-order valence-corrected chi connectivity index (χ3v) is 3.63. The van der Waals surface area contributed by atoms with Crippen LogP contribution in [0, 0.1) is 12.3 Å². The van der Waals surface area contributed by atoms with Gasteiger partial charge in [-0.05, 0) is 0 Å². The predicted octanol–water partition coefficient (Wildman–Crippen LogP) is -1.62. The standard InChI is InChI=1S/C12H14N4O5/c1-3-12(4-17)8(19)7(18)11(21-12)16-5-13-6-9(16)14-15-10(6)20-2/h1,5,7-8,11,17-19H,4H2,2H3,(H,14,15)/t7?,8?,11-,12-/m1/s1. The molecule has 2 unspecified atom stereocenters. The zero-order valence-corrected chi connectivity index (χ0v) is 11.1. The Hall–Kier alpha value is -2.12. The summed E-state index contributed by atoms with van der Waals surface area (Å²) in [7, 11) is 1.45. The van der Waals surface area contributed by atoms with Crippen molar-refractivity contribution in [1.29, 1.82) is 0 Å². The maximum Gasteiger partial charge on any atom is 0.260 e. The van der Waals surface area contributed by atoms with Gasteiger partial charge in [0.1, 0.15) is 12.2 Å². The third-order valence-electron chi connectivity index (χ3n) is 3.63. The number of aromatic nitrogens is 4. The van der Waals surface area contributed by atoms with E-state index in [9.17, 15) is 15.3 Å². The number of ether oxygens (including phenoxy) is 2. The molecule has 1 fully saturated rings. The lowest BCUT2D eigenvalue weighted by Gasteiger charge is -2.23. The maximum absolute atomic E-state index is 10.2. The zero-order valence-electron chi connectivity index (χ0n) is 11.1. The van der Waals surface area contributed by atoms with Gasteiger partial charge in [0.2, 0.25) is 0 Å². The van der Waals surface area contributed by atoms with E-state index in [1.165, 1.54) is 18.0 Å². The number of fused-ring (bicyclic) bond motifs is 1. The topological polar surface area (TPSA) is 126 Å². The van der Waals surface area contributed by atoms with Crippen LogP contribution in [0.4, 0.5) is 0 Å². The molecule has 0 aromatic carbocycles. The van der Waals surface area contributed by atoms with Gasteiger partial charge in [-0.2, -0.15) is 0 Å². The fourth-order valence-corrected chi connectivity index (χ4v) is 2.42. The Kier molecular flexibility index (Phi) is 3.11. The van der Waals surface area contributed by atoms with E-state index in [1.807, 2.05) is 0 Å². The summed E-state index contributed by atoms with van der Waals surface area (Å²) in [6.07, 6.45) is 2.93. The molecule has 2 aromatic rings. The first-order chi connectivity index (χ1) is 10.1. The smallest absolute Gasteiger partial charge is 0.260 e. The van der Waals surface area contributed by atoms with Crippen LogP contribution in [0.25, 0.3) is 11.2 Å². The first-order valence-corrected chi connectivity index (χ1v) is 6.15. The number of nitrogens with zero attached hydrogens (tertiary/aromatic N) is 3. The Morgan fingerprint density at radius 3 is 2.95 bits per heavy atom. The minimum Gasteiger partial charge on any atom is -0.478 e. The van der Waals surface area contributed by atoms with E-state index in [0.717, 1.165) is 0 Å². The monoisotopic (exact) mass is 294 g/mol. The van der Waals surface area contributed by atoms with E-state index in [4.69, 9.17) is 15.9 Å². The molecule has 2 aromatic heterocycles. The summed E-state index contributed by atoms with van der Waals surface area (Å²) in [6.45, 7) is -0.623. The van der Waals surface area contributed by atoms with Crippen LogP contribution in [0.3, 0.4) is 0 Å². The number of aliphatic hydroxyl groups excluding tert-OH is 3. The molecule has 0 saturated carbocycles. The Morgan fingerprint density at radius 1 is 1.62 bits per heavy atom. The molecule has 0 radical (unpaired) electrons. The van der Waals surface area contributed by atoms with Crippen molar-refractivity contribution in [2.45, 2.75) is 24.0 Å². The summed E-state index contributed by atoms with van der Waals surface area (Å²) in [5.74, 6) is 2.49. The van der Waals surface area contributed by atoms with Crippen LogP contribution < -0.4 is 4.74 Å². The molecule has 9 heteroatoms.